The van der Waals surface area contributed by atoms with Crippen LogP contribution in [0.3, 0.4) is 0 Å². The topological polar surface area (TPSA) is 92.6 Å². The maximum atomic E-state index is 11.7. The van der Waals surface area contributed by atoms with Gasteiger partial charge >= 0.3 is 0 Å². The number of rotatable bonds is 12. The Balaban J connectivity index is 0.00000385. The molecule has 1 aliphatic rings. The van der Waals surface area contributed by atoms with Crippen LogP contribution in [0.2, 0.25) is 0 Å². The van der Waals surface area contributed by atoms with Crippen molar-refractivity contribution in [2.75, 3.05) is 26.2 Å². The van der Waals surface area contributed by atoms with Gasteiger partial charge in [0.15, 0.2) is 12.6 Å². The molecule has 1 aromatic carbocycles. The van der Waals surface area contributed by atoms with E-state index in [1.165, 1.54) is 11.3 Å². The summed E-state index contributed by atoms with van der Waals surface area (Å²) in [6, 6.07) is 10.4. The number of ether oxygens (including phenoxy) is 1. The van der Waals surface area contributed by atoms with E-state index >= 15 is 0 Å². The number of carbonyl (C=O) groups is 1. The van der Waals surface area contributed by atoms with Gasteiger partial charge in [-0.15, -0.1) is 24.0 Å². The number of hydrogen-bond acceptors (Lipinski definition) is 4. The highest BCUT2D eigenvalue weighted by molar-refractivity contribution is 14.0. The zero-order valence-electron chi connectivity index (χ0n) is 19.9. The molecule has 0 unspecified atom stereocenters. The fraction of sp³-hybridized carbons (Fsp3) is 0.542. The minimum atomic E-state index is -0.0501. The molecule has 0 aliphatic heterocycles. The molecule has 0 atom stereocenters. The Morgan fingerprint density at radius 3 is 2.61 bits per heavy atom. The number of aryl methyl sites for hydroxylation is 3. The second-order valence-corrected chi connectivity index (χ2v) is 8.22. The maximum Gasteiger partial charge on any atom is 0.258 e. The second kappa shape index (κ2) is 14.1. The van der Waals surface area contributed by atoms with Crippen molar-refractivity contribution in [3.63, 3.8) is 0 Å². The molecule has 0 bridgehead atoms. The number of nitrogens with one attached hydrogen (secondary N) is 3. The number of aliphatic imine (C=N–C) groups is 1. The number of halogens is 1. The monoisotopic (exact) mass is 568 g/mol. The molecular formula is C24H37IN6O2. The van der Waals surface area contributed by atoms with Gasteiger partial charge in [0, 0.05) is 37.9 Å². The Morgan fingerprint density at radius 1 is 1.21 bits per heavy atom. The van der Waals surface area contributed by atoms with Gasteiger partial charge in [0.1, 0.15) is 5.75 Å². The van der Waals surface area contributed by atoms with Gasteiger partial charge in [0.25, 0.3) is 5.91 Å². The van der Waals surface area contributed by atoms with Crippen LogP contribution in [0.1, 0.15) is 43.1 Å². The van der Waals surface area contributed by atoms with E-state index in [-0.39, 0.29) is 36.5 Å². The normalized spacial score (nSPS) is 13.2. The first kappa shape index (κ1) is 26.9. The molecule has 0 spiro atoms. The van der Waals surface area contributed by atoms with Crippen LogP contribution < -0.4 is 20.7 Å². The van der Waals surface area contributed by atoms with E-state index in [4.69, 9.17) is 4.74 Å². The maximum absolute atomic E-state index is 11.7. The standard InChI is InChI=1S/C24H36N6O2.HI/c1-4-25-24(26-13-5-15-30-19(3)16-18(2)29-30)27-14-12-20-6-10-22(11-7-20)32-17-23(31)28-21-8-9-21;/h6-7,10-11,16,21H,4-5,8-9,12-15,17H2,1-3H3,(H,28,31)(H2,25,26,27);1H. The summed E-state index contributed by atoms with van der Waals surface area (Å²) >= 11 is 0. The van der Waals surface area contributed by atoms with Crippen molar-refractivity contribution in [2.24, 2.45) is 4.99 Å². The van der Waals surface area contributed by atoms with Gasteiger partial charge in [-0.2, -0.15) is 5.10 Å². The van der Waals surface area contributed by atoms with Crippen molar-refractivity contribution in [1.82, 2.24) is 25.7 Å². The number of benzene rings is 1. The Bertz CT molecular complexity index is 893. The molecule has 0 radical (unpaired) electrons. The van der Waals surface area contributed by atoms with Crippen LogP contribution in [-0.2, 0) is 17.8 Å². The minimum Gasteiger partial charge on any atom is -0.484 e. The molecular weight excluding hydrogens is 531 g/mol. The molecule has 1 fully saturated rings. The van der Waals surface area contributed by atoms with E-state index < -0.39 is 0 Å². The lowest BCUT2D eigenvalue weighted by molar-refractivity contribution is -0.123. The van der Waals surface area contributed by atoms with Crippen molar-refractivity contribution >= 4 is 35.8 Å². The minimum absolute atomic E-state index is 0. The van der Waals surface area contributed by atoms with Gasteiger partial charge in [-0.25, -0.2) is 0 Å². The molecule has 1 aliphatic carbocycles. The summed E-state index contributed by atoms with van der Waals surface area (Å²) in [6.45, 7) is 9.46. The predicted octanol–water partition coefficient (Wildman–Crippen LogP) is 2.96. The smallest absolute Gasteiger partial charge is 0.258 e. The molecule has 1 heterocycles. The molecule has 2 aromatic rings. The van der Waals surface area contributed by atoms with Crippen molar-refractivity contribution < 1.29 is 9.53 Å². The summed E-state index contributed by atoms with van der Waals surface area (Å²) in [5.41, 5.74) is 3.45. The number of nitrogens with zero attached hydrogens (tertiary/aromatic N) is 3. The third-order valence-corrected chi connectivity index (χ3v) is 5.19. The highest BCUT2D eigenvalue weighted by atomic mass is 127. The zero-order valence-corrected chi connectivity index (χ0v) is 22.2. The van der Waals surface area contributed by atoms with Gasteiger partial charge < -0.3 is 20.7 Å². The lowest BCUT2D eigenvalue weighted by atomic mass is 10.1. The molecule has 182 valence electrons. The first-order valence-electron chi connectivity index (χ1n) is 11.6. The first-order chi connectivity index (χ1) is 15.5. The lowest BCUT2D eigenvalue weighted by Crippen LogP contribution is -2.38. The third-order valence-electron chi connectivity index (χ3n) is 5.19. The number of hydrogen-bond donors (Lipinski definition) is 3. The van der Waals surface area contributed by atoms with E-state index in [1.54, 1.807) is 0 Å². The number of aromatic nitrogens is 2. The average molecular weight is 569 g/mol. The summed E-state index contributed by atoms with van der Waals surface area (Å²) < 4.78 is 7.60. The summed E-state index contributed by atoms with van der Waals surface area (Å²) in [5.74, 6) is 1.50. The van der Waals surface area contributed by atoms with Crippen molar-refractivity contribution in [1.29, 1.82) is 0 Å². The van der Waals surface area contributed by atoms with Crippen molar-refractivity contribution in [3.8, 4) is 5.75 Å². The Morgan fingerprint density at radius 2 is 1.97 bits per heavy atom. The highest BCUT2D eigenvalue weighted by Crippen LogP contribution is 2.18. The molecule has 0 saturated heterocycles. The molecule has 1 saturated carbocycles. The van der Waals surface area contributed by atoms with Gasteiger partial charge in [-0.05, 0) is 70.2 Å². The number of carbonyl (C=O) groups excluding carboxylic acids is 1. The SMILES string of the molecule is CCNC(=NCCCn1nc(C)cc1C)NCCc1ccc(OCC(=O)NC2CC2)cc1.I. The van der Waals surface area contributed by atoms with Crippen LogP contribution in [0.15, 0.2) is 35.3 Å². The molecule has 3 rings (SSSR count). The largest absolute Gasteiger partial charge is 0.484 e. The van der Waals surface area contributed by atoms with E-state index in [0.29, 0.717) is 11.8 Å². The molecule has 1 aromatic heterocycles. The Kier molecular flexibility index (Phi) is 11.5. The van der Waals surface area contributed by atoms with Gasteiger partial charge in [0.05, 0.1) is 5.69 Å². The van der Waals surface area contributed by atoms with Gasteiger partial charge in [-0.1, -0.05) is 12.1 Å². The van der Waals surface area contributed by atoms with Crippen LogP contribution >= 0.6 is 24.0 Å². The molecule has 3 N–H and O–H groups in total. The van der Waals surface area contributed by atoms with E-state index in [1.807, 2.05) is 35.9 Å². The fourth-order valence-corrected chi connectivity index (χ4v) is 3.38. The van der Waals surface area contributed by atoms with Gasteiger partial charge in [0.2, 0.25) is 0 Å². The van der Waals surface area contributed by atoms with Crippen LogP contribution in [0.5, 0.6) is 5.75 Å². The Hall–Kier alpha value is -2.30. The van der Waals surface area contributed by atoms with Crippen LogP contribution in [-0.4, -0.2) is 53.9 Å². The summed E-state index contributed by atoms with van der Waals surface area (Å²) in [7, 11) is 0. The third kappa shape index (κ3) is 10.0. The van der Waals surface area contributed by atoms with E-state index in [2.05, 4.69) is 46.0 Å². The van der Waals surface area contributed by atoms with Crippen LogP contribution in [0.25, 0.3) is 0 Å². The molecule has 33 heavy (non-hydrogen) atoms. The molecule has 9 heteroatoms. The summed E-state index contributed by atoms with van der Waals surface area (Å²) in [4.78, 5) is 16.4. The summed E-state index contributed by atoms with van der Waals surface area (Å²) in [6.07, 6.45) is 3.98. The van der Waals surface area contributed by atoms with Crippen molar-refractivity contribution in [2.45, 2.75) is 59.0 Å². The Labute approximate surface area is 214 Å². The highest BCUT2D eigenvalue weighted by Gasteiger charge is 2.23. The zero-order chi connectivity index (χ0) is 22.8. The first-order valence-corrected chi connectivity index (χ1v) is 11.6. The van der Waals surface area contributed by atoms with Crippen LogP contribution in [0, 0.1) is 13.8 Å². The van der Waals surface area contributed by atoms with Crippen LogP contribution in [0.4, 0.5) is 0 Å². The quantitative estimate of drug-likeness (QED) is 0.159. The fourth-order valence-electron chi connectivity index (χ4n) is 3.38. The lowest BCUT2D eigenvalue weighted by Gasteiger charge is -2.12. The van der Waals surface area contributed by atoms with E-state index in [0.717, 1.165) is 63.5 Å². The van der Waals surface area contributed by atoms with E-state index in [9.17, 15) is 4.79 Å². The number of guanidine groups is 1. The summed E-state index contributed by atoms with van der Waals surface area (Å²) in [5, 5.41) is 14.1. The number of amides is 1. The van der Waals surface area contributed by atoms with Gasteiger partial charge in [-0.3, -0.25) is 14.5 Å². The second-order valence-electron chi connectivity index (χ2n) is 8.22. The predicted molar refractivity (Wildman–Crippen MR) is 143 cm³/mol. The average Bonchev–Trinajstić information content (AvgIpc) is 3.52. The van der Waals surface area contributed by atoms with Crippen molar-refractivity contribution in [3.05, 3.63) is 47.3 Å². The molecule has 1 amide bonds. The molecule has 8 nitrogen and oxygen atoms in total.